The summed E-state index contributed by atoms with van der Waals surface area (Å²) in [5, 5.41) is 0. The van der Waals surface area contributed by atoms with Gasteiger partial charge < -0.3 is 0 Å². The highest BCUT2D eigenvalue weighted by Gasteiger charge is 2.15. The van der Waals surface area contributed by atoms with Crippen LogP contribution in [0.3, 0.4) is 0 Å². The van der Waals surface area contributed by atoms with Gasteiger partial charge in [0.25, 0.3) is 0 Å². The largest absolute Gasteiger partial charge is 0.148 e. The van der Waals surface area contributed by atoms with E-state index in [1.807, 2.05) is 0 Å². The Morgan fingerprint density at radius 3 is 1.61 bits per heavy atom. The number of thioether (sulfide) groups is 2. The first-order valence-electron chi connectivity index (χ1n) is 12.9. The minimum atomic E-state index is 0.783. The third kappa shape index (κ3) is 15.4. The molecule has 1 aliphatic carbocycles. The fourth-order valence-corrected chi connectivity index (χ4v) is 7.04. The molecule has 31 heavy (non-hydrogen) atoms. The lowest BCUT2D eigenvalue weighted by Crippen LogP contribution is -2.06. The number of hydrogen-bond acceptors (Lipinski definition) is 2. The lowest BCUT2D eigenvalue weighted by atomic mass is 9.87. The molecule has 0 N–H and O–H groups in total. The molecule has 0 bridgehead atoms. The van der Waals surface area contributed by atoms with Gasteiger partial charge in [0.05, 0.1) is 4.58 Å². The molecule has 0 saturated heterocycles. The van der Waals surface area contributed by atoms with Crippen molar-refractivity contribution in [2.24, 2.45) is 11.8 Å². The monoisotopic (exact) mass is 464 g/mol. The Balaban J connectivity index is 2.37. The van der Waals surface area contributed by atoms with Gasteiger partial charge in [0, 0.05) is 0 Å². The summed E-state index contributed by atoms with van der Waals surface area (Å²) >= 11 is 4.52. The second-order valence-corrected chi connectivity index (χ2v) is 13.4. The van der Waals surface area contributed by atoms with Crippen LogP contribution in [-0.4, -0.2) is 16.1 Å². The van der Waals surface area contributed by atoms with Gasteiger partial charge >= 0.3 is 0 Å². The maximum absolute atomic E-state index is 2.45. The summed E-state index contributed by atoms with van der Waals surface area (Å²) in [6, 6.07) is 0. The van der Waals surface area contributed by atoms with Crippen molar-refractivity contribution in [1.29, 1.82) is 0 Å². The van der Waals surface area contributed by atoms with Crippen LogP contribution >= 0.6 is 23.5 Å². The summed E-state index contributed by atoms with van der Waals surface area (Å²) in [5.74, 6) is 4.36. The second-order valence-electron chi connectivity index (χ2n) is 10.5. The molecule has 0 aromatic heterocycles. The first kappa shape index (κ1) is 29.0. The molecule has 0 aromatic rings. The van der Waals surface area contributed by atoms with E-state index in [1.54, 1.807) is 11.1 Å². The van der Waals surface area contributed by atoms with Crippen molar-refractivity contribution in [3.05, 3.63) is 34.4 Å². The van der Waals surface area contributed by atoms with Crippen LogP contribution in [0.1, 0.15) is 119 Å². The molecule has 2 atom stereocenters. The molecule has 0 nitrogen and oxygen atoms in total. The molecule has 180 valence electrons. The quantitative estimate of drug-likeness (QED) is 0.155. The highest BCUT2D eigenvalue weighted by atomic mass is 32.2. The van der Waals surface area contributed by atoms with Crippen molar-refractivity contribution in [1.82, 2.24) is 0 Å². The van der Waals surface area contributed by atoms with Crippen molar-refractivity contribution in [2.45, 2.75) is 124 Å². The van der Waals surface area contributed by atoms with E-state index in [9.17, 15) is 0 Å². The topological polar surface area (TPSA) is 0 Å². The number of allylic oxidation sites excluding steroid dienone is 6. The zero-order valence-corrected chi connectivity index (χ0v) is 23.5. The minimum Gasteiger partial charge on any atom is -0.148 e. The minimum absolute atomic E-state index is 0.783. The molecule has 0 spiro atoms. The van der Waals surface area contributed by atoms with Gasteiger partial charge in [-0.2, -0.15) is 0 Å². The molecule has 2 unspecified atom stereocenters. The van der Waals surface area contributed by atoms with E-state index in [1.165, 1.54) is 93.3 Å². The van der Waals surface area contributed by atoms with Gasteiger partial charge in [-0.25, -0.2) is 0 Å². The molecule has 0 radical (unpaired) electrons. The molecule has 0 heterocycles. The molecule has 1 saturated carbocycles. The van der Waals surface area contributed by atoms with E-state index in [-0.39, 0.29) is 0 Å². The first-order valence-corrected chi connectivity index (χ1v) is 15.0. The van der Waals surface area contributed by atoms with Crippen LogP contribution in [0.2, 0.25) is 0 Å². The fourth-order valence-electron chi connectivity index (χ4n) is 3.91. The first-order chi connectivity index (χ1) is 14.8. The molecule has 0 aromatic carbocycles. The smallest absolute Gasteiger partial charge is 0.0505 e. The zero-order valence-electron chi connectivity index (χ0n) is 21.9. The fraction of sp³-hybridized carbons (Fsp3) is 0.793. The standard InChI is InChI=1S/C29H52S2/c1-23(2)11-8-13-25(5)19-21-30-29(18-17-27(7)28-15-10-16-28)31-22-20-26(6)14-9-12-24(3)4/h11-12,25-26,29H,8-10,13-22H2,1-7H3. The molecule has 2 heteroatoms. The summed E-state index contributed by atoms with van der Waals surface area (Å²) in [6.07, 6.45) is 19.6. The molecule has 0 aliphatic heterocycles. The van der Waals surface area contributed by atoms with Gasteiger partial charge in [-0.05, 0) is 129 Å². The van der Waals surface area contributed by atoms with Crippen LogP contribution < -0.4 is 0 Å². The van der Waals surface area contributed by atoms with Crippen LogP contribution in [0.5, 0.6) is 0 Å². The van der Waals surface area contributed by atoms with E-state index < -0.39 is 0 Å². The molecular weight excluding hydrogens is 412 g/mol. The average Bonchev–Trinajstić information content (AvgIpc) is 2.63. The van der Waals surface area contributed by atoms with Gasteiger partial charge in [0.15, 0.2) is 0 Å². The Kier molecular flexibility index (Phi) is 16.3. The van der Waals surface area contributed by atoms with Crippen molar-refractivity contribution in [3.8, 4) is 0 Å². The molecular formula is C29H52S2. The summed E-state index contributed by atoms with van der Waals surface area (Å²) in [4.78, 5) is 0. The van der Waals surface area contributed by atoms with Crippen LogP contribution in [0.25, 0.3) is 0 Å². The Hall–Kier alpha value is -0.0800. The molecule has 1 aliphatic rings. The lowest BCUT2D eigenvalue weighted by molar-refractivity contribution is 0.524. The van der Waals surface area contributed by atoms with E-state index in [0.29, 0.717) is 0 Å². The molecule has 1 rings (SSSR count). The third-order valence-corrected chi connectivity index (χ3v) is 9.54. The molecule has 0 amide bonds. The highest BCUT2D eigenvalue weighted by molar-refractivity contribution is 8.17. The van der Waals surface area contributed by atoms with Crippen molar-refractivity contribution >= 4 is 23.5 Å². The van der Waals surface area contributed by atoms with Crippen molar-refractivity contribution in [3.63, 3.8) is 0 Å². The highest BCUT2D eigenvalue weighted by Crippen LogP contribution is 2.35. The SMILES string of the molecule is CC(C)=CCCC(C)CCSC(CCC(C)=C1CCC1)SCCC(C)CCC=C(C)C. The number of hydrogen-bond donors (Lipinski definition) is 0. The Morgan fingerprint density at radius 1 is 0.742 bits per heavy atom. The van der Waals surface area contributed by atoms with Gasteiger partial charge in [-0.15, -0.1) is 23.5 Å². The summed E-state index contributed by atoms with van der Waals surface area (Å²) in [5.41, 5.74) is 6.41. The summed E-state index contributed by atoms with van der Waals surface area (Å²) < 4.78 is 0.783. The van der Waals surface area contributed by atoms with E-state index in [2.05, 4.69) is 84.1 Å². The van der Waals surface area contributed by atoms with Gasteiger partial charge in [0.2, 0.25) is 0 Å². The van der Waals surface area contributed by atoms with Crippen LogP contribution in [0.4, 0.5) is 0 Å². The van der Waals surface area contributed by atoms with E-state index >= 15 is 0 Å². The third-order valence-electron chi connectivity index (χ3n) is 6.57. The summed E-state index contributed by atoms with van der Waals surface area (Å²) in [7, 11) is 0. The normalized spacial score (nSPS) is 16.3. The van der Waals surface area contributed by atoms with E-state index in [0.717, 1.165) is 16.4 Å². The van der Waals surface area contributed by atoms with Crippen LogP contribution in [0.15, 0.2) is 34.4 Å². The predicted molar refractivity (Wildman–Crippen MR) is 149 cm³/mol. The van der Waals surface area contributed by atoms with E-state index in [4.69, 9.17) is 0 Å². The molecule has 1 fully saturated rings. The van der Waals surface area contributed by atoms with Gasteiger partial charge in [-0.3, -0.25) is 0 Å². The second kappa shape index (κ2) is 17.4. The maximum atomic E-state index is 2.45. The van der Waals surface area contributed by atoms with Crippen molar-refractivity contribution < 1.29 is 0 Å². The maximum Gasteiger partial charge on any atom is 0.0505 e. The Labute approximate surface area is 204 Å². The number of rotatable bonds is 17. The lowest BCUT2D eigenvalue weighted by Gasteiger charge is -2.23. The Morgan fingerprint density at radius 2 is 1.23 bits per heavy atom. The average molecular weight is 465 g/mol. The zero-order chi connectivity index (χ0) is 23.1. The van der Waals surface area contributed by atoms with Crippen LogP contribution in [0, 0.1) is 11.8 Å². The van der Waals surface area contributed by atoms with Gasteiger partial charge in [0.1, 0.15) is 0 Å². The van der Waals surface area contributed by atoms with Crippen LogP contribution in [-0.2, 0) is 0 Å². The van der Waals surface area contributed by atoms with Crippen molar-refractivity contribution in [2.75, 3.05) is 11.5 Å². The Bertz CT molecular complexity index is 521. The predicted octanol–water partition coefficient (Wildman–Crippen LogP) is 10.6. The summed E-state index contributed by atoms with van der Waals surface area (Å²) in [6.45, 7) is 16.1. The van der Waals surface area contributed by atoms with Gasteiger partial charge in [-0.1, -0.05) is 48.3 Å².